The number of hydrogen-bond acceptors (Lipinski definition) is 1. The van der Waals surface area contributed by atoms with Gasteiger partial charge in [-0.05, 0) is 29.9 Å². The van der Waals surface area contributed by atoms with E-state index in [1.165, 1.54) is 11.1 Å². The summed E-state index contributed by atoms with van der Waals surface area (Å²) in [6.07, 6.45) is 1.77. The highest BCUT2D eigenvalue weighted by Crippen LogP contribution is 2.31. The minimum absolute atomic E-state index is 0.0231. The van der Waals surface area contributed by atoms with E-state index in [1.54, 1.807) is 0 Å². The fourth-order valence-electron chi connectivity index (χ4n) is 3.38. The molecule has 3 rings (SSSR count). The zero-order chi connectivity index (χ0) is 17.5. The van der Waals surface area contributed by atoms with Gasteiger partial charge in [0.05, 0.1) is 0 Å². The van der Waals surface area contributed by atoms with E-state index in [0.29, 0.717) is 0 Å². The fraction of sp³-hybridized carbons (Fsp3) is 0.208. The molecule has 3 aromatic rings. The van der Waals surface area contributed by atoms with Crippen LogP contribution in [0.1, 0.15) is 40.7 Å². The molecule has 25 heavy (non-hydrogen) atoms. The highest BCUT2D eigenvalue weighted by molar-refractivity contribution is 5.98. The summed E-state index contributed by atoms with van der Waals surface area (Å²) in [4.78, 5) is 13.2. The Hall–Kier alpha value is -2.67. The maximum Gasteiger partial charge on any atom is 0.166 e. The number of ketones is 1. The van der Waals surface area contributed by atoms with Gasteiger partial charge in [0.1, 0.15) is 0 Å². The third-order valence-corrected chi connectivity index (χ3v) is 4.91. The lowest BCUT2D eigenvalue weighted by atomic mass is 9.79. The van der Waals surface area contributed by atoms with Crippen LogP contribution in [0, 0.1) is 5.92 Å². The van der Waals surface area contributed by atoms with Crippen LogP contribution in [-0.4, -0.2) is 5.78 Å². The topological polar surface area (TPSA) is 17.1 Å². The number of Topliss-reactive ketones (excluding diaryl/α,β-unsaturated/α-hetero) is 1. The molecule has 0 radical (unpaired) electrons. The molecule has 2 atom stereocenters. The molecule has 0 N–H and O–H groups in total. The molecular formula is C24H24O. The molecule has 0 saturated heterocycles. The predicted molar refractivity (Wildman–Crippen MR) is 104 cm³/mol. The Kier molecular flexibility index (Phi) is 5.79. The van der Waals surface area contributed by atoms with Crippen molar-refractivity contribution in [1.29, 1.82) is 0 Å². The first-order chi connectivity index (χ1) is 12.3. The zero-order valence-electron chi connectivity index (χ0n) is 14.6. The quantitative estimate of drug-likeness (QED) is 0.492. The van der Waals surface area contributed by atoms with Gasteiger partial charge in [-0.25, -0.2) is 0 Å². The smallest absolute Gasteiger partial charge is 0.166 e. The van der Waals surface area contributed by atoms with Gasteiger partial charge in [-0.1, -0.05) is 97.9 Å². The summed E-state index contributed by atoms with van der Waals surface area (Å²) < 4.78 is 0. The lowest BCUT2D eigenvalue weighted by Crippen LogP contribution is -2.22. The van der Waals surface area contributed by atoms with Crippen LogP contribution in [0.3, 0.4) is 0 Å². The van der Waals surface area contributed by atoms with Gasteiger partial charge in [-0.15, -0.1) is 0 Å². The van der Waals surface area contributed by atoms with Gasteiger partial charge in [0, 0.05) is 11.5 Å². The van der Waals surface area contributed by atoms with Crippen LogP contribution in [0.2, 0.25) is 0 Å². The Morgan fingerprint density at radius 3 is 1.88 bits per heavy atom. The van der Waals surface area contributed by atoms with E-state index in [1.807, 2.05) is 54.6 Å². The maximum absolute atomic E-state index is 13.2. The third kappa shape index (κ3) is 4.45. The third-order valence-electron chi connectivity index (χ3n) is 4.91. The first-order valence-electron chi connectivity index (χ1n) is 8.94. The standard InChI is InChI=1S/C24H24O/c1-19(21-13-7-3-8-14-21)23(18-17-20-11-5-2-6-12-20)24(25)22-15-9-4-10-16-22/h2-16,19,23H,17-18H2,1H3/t19?,23-/m1/s1. The van der Waals surface area contributed by atoms with Crippen LogP contribution in [0.4, 0.5) is 0 Å². The Balaban J connectivity index is 1.84. The summed E-state index contributed by atoms with van der Waals surface area (Å²) in [6.45, 7) is 2.17. The van der Waals surface area contributed by atoms with Gasteiger partial charge in [-0.3, -0.25) is 4.79 Å². The van der Waals surface area contributed by atoms with Crippen LogP contribution in [0.15, 0.2) is 91.0 Å². The van der Waals surface area contributed by atoms with Crippen molar-refractivity contribution in [2.24, 2.45) is 5.92 Å². The number of benzene rings is 3. The molecule has 0 aliphatic rings. The molecule has 1 heteroatoms. The molecule has 0 amide bonds. The molecule has 0 bridgehead atoms. The van der Waals surface area contributed by atoms with Crippen LogP contribution < -0.4 is 0 Å². The molecule has 0 saturated carbocycles. The summed E-state index contributed by atoms with van der Waals surface area (Å²) >= 11 is 0. The van der Waals surface area contributed by atoms with Gasteiger partial charge in [0.25, 0.3) is 0 Å². The van der Waals surface area contributed by atoms with Crippen molar-refractivity contribution >= 4 is 5.78 Å². The van der Waals surface area contributed by atoms with Gasteiger partial charge >= 0.3 is 0 Å². The Morgan fingerprint density at radius 2 is 1.28 bits per heavy atom. The number of carbonyl (C=O) groups is 1. The number of rotatable bonds is 7. The lowest BCUT2D eigenvalue weighted by molar-refractivity contribution is 0.0896. The van der Waals surface area contributed by atoms with E-state index in [4.69, 9.17) is 0 Å². The Morgan fingerprint density at radius 1 is 0.760 bits per heavy atom. The van der Waals surface area contributed by atoms with Crippen molar-refractivity contribution in [3.8, 4) is 0 Å². The molecule has 0 aliphatic heterocycles. The van der Waals surface area contributed by atoms with Gasteiger partial charge in [0.15, 0.2) is 5.78 Å². The van der Waals surface area contributed by atoms with Gasteiger partial charge in [0.2, 0.25) is 0 Å². The predicted octanol–water partition coefficient (Wildman–Crippen LogP) is 5.92. The Labute approximate surface area is 150 Å². The van der Waals surface area contributed by atoms with E-state index in [9.17, 15) is 4.79 Å². The average Bonchev–Trinajstić information content (AvgIpc) is 2.70. The van der Waals surface area contributed by atoms with Crippen LogP contribution in [-0.2, 0) is 6.42 Å². The molecule has 3 aromatic carbocycles. The monoisotopic (exact) mass is 328 g/mol. The van der Waals surface area contributed by atoms with Crippen LogP contribution in [0.5, 0.6) is 0 Å². The van der Waals surface area contributed by atoms with Crippen molar-refractivity contribution in [2.75, 3.05) is 0 Å². The largest absolute Gasteiger partial charge is 0.294 e. The molecular weight excluding hydrogens is 304 g/mol. The summed E-state index contributed by atoms with van der Waals surface area (Å²) in [5.74, 6) is 0.413. The van der Waals surface area contributed by atoms with E-state index in [0.717, 1.165) is 18.4 Å². The first-order valence-corrected chi connectivity index (χ1v) is 8.94. The zero-order valence-corrected chi connectivity index (χ0v) is 14.6. The van der Waals surface area contributed by atoms with E-state index < -0.39 is 0 Å². The number of carbonyl (C=O) groups excluding carboxylic acids is 1. The molecule has 1 nitrogen and oxygen atoms in total. The second-order valence-corrected chi connectivity index (χ2v) is 6.56. The SMILES string of the molecule is CC(c1ccccc1)[C@@H](CCc1ccccc1)C(=O)c1ccccc1. The lowest BCUT2D eigenvalue weighted by Gasteiger charge is -2.23. The Bertz CT molecular complexity index is 778. The first kappa shape index (κ1) is 17.2. The van der Waals surface area contributed by atoms with Crippen molar-refractivity contribution < 1.29 is 4.79 Å². The second kappa shape index (κ2) is 8.43. The normalized spacial score (nSPS) is 13.2. The highest BCUT2D eigenvalue weighted by atomic mass is 16.1. The highest BCUT2D eigenvalue weighted by Gasteiger charge is 2.26. The van der Waals surface area contributed by atoms with E-state index in [2.05, 4.69) is 43.3 Å². The summed E-state index contributed by atoms with van der Waals surface area (Å²) in [6, 6.07) is 30.5. The van der Waals surface area contributed by atoms with Crippen molar-refractivity contribution in [2.45, 2.75) is 25.7 Å². The fourth-order valence-corrected chi connectivity index (χ4v) is 3.38. The molecule has 0 heterocycles. The molecule has 0 aromatic heterocycles. The van der Waals surface area contributed by atoms with Crippen molar-refractivity contribution in [3.05, 3.63) is 108 Å². The average molecular weight is 328 g/mol. The number of aryl methyl sites for hydroxylation is 1. The van der Waals surface area contributed by atoms with Gasteiger partial charge < -0.3 is 0 Å². The minimum atomic E-state index is -0.0231. The summed E-state index contributed by atoms with van der Waals surface area (Å²) in [5.41, 5.74) is 3.32. The maximum atomic E-state index is 13.2. The van der Waals surface area contributed by atoms with Crippen molar-refractivity contribution in [3.63, 3.8) is 0 Å². The van der Waals surface area contributed by atoms with E-state index in [-0.39, 0.29) is 17.6 Å². The molecule has 126 valence electrons. The molecule has 1 unspecified atom stereocenters. The molecule has 0 aliphatic carbocycles. The second-order valence-electron chi connectivity index (χ2n) is 6.56. The molecule has 0 fully saturated rings. The number of hydrogen-bond donors (Lipinski definition) is 0. The van der Waals surface area contributed by atoms with Gasteiger partial charge in [-0.2, -0.15) is 0 Å². The van der Waals surface area contributed by atoms with Crippen LogP contribution >= 0.6 is 0 Å². The minimum Gasteiger partial charge on any atom is -0.294 e. The summed E-state index contributed by atoms with van der Waals surface area (Å²) in [5, 5.41) is 0. The molecule has 0 spiro atoms. The van der Waals surface area contributed by atoms with E-state index >= 15 is 0 Å². The van der Waals surface area contributed by atoms with Crippen molar-refractivity contribution in [1.82, 2.24) is 0 Å². The van der Waals surface area contributed by atoms with Crippen LogP contribution in [0.25, 0.3) is 0 Å². The summed E-state index contributed by atoms with van der Waals surface area (Å²) in [7, 11) is 0.